The van der Waals surface area contributed by atoms with E-state index in [2.05, 4.69) is 46.0 Å². The number of nitrogens with one attached hydrogen (secondary N) is 1. The normalized spacial score (nSPS) is 20.4. The molecule has 0 aliphatic carbocycles. The van der Waals surface area contributed by atoms with Gasteiger partial charge in [0.15, 0.2) is 0 Å². The molecule has 1 unspecified atom stereocenters. The molecule has 3 nitrogen and oxygen atoms in total. The number of benzene rings is 1. The molecule has 1 aliphatic rings. The molecule has 1 N–H and O–H groups in total. The Morgan fingerprint density at radius 3 is 2.80 bits per heavy atom. The molecule has 112 valence electrons. The Morgan fingerprint density at radius 1 is 1.40 bits per heavy atom. The summed E-state index contributed by atoms with van der Waals surface area (Å²) < 4.78 is 11.9. The molecule has 3 heteroatoms. The summed E-state index contributed by atoms with van der Waals surface area (Å²) in [6, 6.07) is 6.50. The fourth-order valence-corrected chi connectivity index (χ4v) is 2.61. The molecule has 0 fully saturated rings. The van der Waals surface area contributed by atoms with Crippen molar-refractivity contribution in [3.8, 4) is 11.5 Å². The van der Waals surface area contributed by atoms with Crippen LogP contribution >= 0.6 is 0 Å². The molecule has 0 amide bonds. The summed E-state index contributed by atoms with van der Waals surface area (Å²) in [5.74, 6) is 2.44. The van der Waals surface area contributed by atoms with Gasteiger partial charge in [0.05, 0.1) is 6.61 Å². The summed E-state index contributed by atoms with van der Waals surface area (Å²) in [6.45, 7) is 12.4. The van der Waals surface area contributed by atoms with Gasteiger partial charge in [-0.15, -0.1) is 0 Å². The van der Waals surface area contributed by atoms with Gasteiger partial charge in [0.1, 0.15) is 17.1 Å². The fourth-order valence-electron chi connectivity index (χ4n) is 2.61. The van der Waals surface area contributed by atoms with Gasteiger partial charge in [0.25, 0.3) is 0 Å². The van der Waals surface area contributed by atoms with Crippen LogP contribution in [0.1, 0.15) is 52.6 Å². The number of ether oxygens (including phenoxy) is 2. The maximum Gasteiger partial charge on any atom is 0.125 e. The standard InChI is InChI=1S/C17H27NO2/c1-6-18-15-10-17(4,5)20-16-8-7-13(9-14(15)16)19-11-12(2)3/h7-9,12,15,18H,6,10-11H2,1-5H3. The van der Waals surface area contributed by atoms with E-state index in [-0.39, 0.29) is 5.60 Å². The van der Waals surface area contributed by atoms with Crippen molar-refractivity contribution in [3.05, 3.63) is 23.8 Å². The van der Waals surface area contributed by atoms with Gasteiger partial charge in [-0.1, -0.05) is 20.8 Å². The number of hydrogen-bond acceptors (Lipinski definition) is 3. The van der Waals surface area contributed by atoms with Crippen LogP contribution < -0.4 is 14.8 Å². The molecule has 0 bridgehead atoms. The summed E-state index contributed by atoms with van der Waals surface area (Å²) in [4.78, 5) is 0. The third kappa shape index (κ3) is 3.66. The van der Waals surface area contributed by atoms with Crippen molar-refractivity contribution >= 4 is 0 Å². The van der Waals surface area contributed by atoms with Crippen LogP contribution in [-0.4, -0.2) is 18.8 Å². The second-order valence-electron chi connectivity index (χ2n) is 6.58. The molecule has 1 atom stereocenters. The first-order valence-electron chi connectivity index (χ1n) is 7.60. The minimum absolute atomic E-state index is 0.125. The van der Waals surface area contributed by atoms with E-state index in [9.17, 15) is 0 Å². The highest BCUT2D eigenvalue weighted by atomic mass is 16.5. The zero-order valence-corrected chi connectivity index (χ0v) is 13.3. The molecular weight excluding hydrogens is 250 g/mol. The zero-order chi connectivity index (χ0) is 14.8. The minimum Gasteiger partial charge on any atom is -0.493 e. The van der Waals surface area contributed by atoms with E-state index < -0.39 is 0 Å². The number of rotatable bonds is 5. The maximum atomic E-state index is 6.08. The number of fused-ring (bicyclic) bond motifs is 1. The molecule has 0 saturated heterocycles. The molecule has 1 aromatic rings. The molecule has 2 rings (SSSR count). The van der Waals surface area contributed by atoms with Crippen LogP contribution in [0.25, 0.3) is 0 Å². The summed E-state index contributed by atoms with van der Waals surface area (Å²) >= 11 is 0. The van der Waals surface area contributed by atoms with Crippen LogP contribution in [0, 0.1) is 5.92 Å². The highest BCUT2D eigenvalue weighted by Crippen LogP contribution is 2.41. The first-order chi connectivity index (χ1) is 9.41. The highest BCUT2D eigenvalue weighted by Gasteiger charge is 2.33. The largest absolute Gasteiger partial charge is 0.493 e. The Balaban J connectivity index is 2.23. The van der Waals surface area contributed by atoms with Crippen LogP contribution in [0.4, 0.5) is 0 Å². The van der Waals surface area contributed by atoms with E-state index in [1.807, 2.05) is 12.1 Å². The van der Waals surface area contributed by atoms with Crippen molar-refractivity contribution in [1.82, 2.24) is 5.32 Å². The van der Waals surface area contributed by atoms with Gasteiger partial charge < -0.3 is 14.8 Å². The Bertz CT molecular complexity index is 454. The summed E-state index contributed by atoms with van der Waals surface area (Å²) in [5, 5.41) is 3.55. The first kappa shape index (κ1) is 15.2. The van der Waals surface area contributed by atoms with Gasteiger partial charge in [0.2, 0.25) is 0 Å². The zero-order valence-electron chi connectivity index (χ0n) is 13.3. The Kier molecular flexibility index (Phi) is 4.59. The van der Waals surface area contributed by atoms with Crippen LogP contribution in [0.3, 0.4) is 0 Å². The molecule has 1 aliphatic heterocycles. The third-order valence-electron chi connectivity index (χ3n) is 3.47. The molecule has 1 aromatic carbocycles. The summed E-state index contributed by atoms with van der Waals surface area (Å²) in [5.41, 5.74) is 1.09. The third-order valence-corrected chi connectivity index (χ3v) is 3.47. The predicted molar refractivity (Wildman–Crippen MR) is 82.5 cm³/mol. The molecule has 0 radical (unpaired) electrons. The van der Waals surface area contributed by atoms with E-state index >= 15 is 0 Å². The predicted octanol–water partition coefficient (Wildman–Crippen LogP) is 3.93. The first-order valence-corrected chi connectivity index (χ1v) is 7.60. The van der Waals surface area contributed by atoms with Gasteiger partial charge in [0, 0.05) is 18.0 Å². The second-order valence-corrected chi connectivity index (χ2v) is 6.58. The van der Waals surface area contributed by atoms with Crippen molar-refractivity contribution < 1.29 is 9.47 Å². The van der Waals surface area contributed by atoms with Crippen molar-refractivity contribution in [2.24, 2.45) is 5.92 Å². The highest BCUT2D eigenvalue weighted by molar-refractivity contribution is 5.44. The monoisotopic (exact) mass is 277 g/mol. The van der Waals surface area contributed by atoms with E-state index in [1.165, 1.54) is 5.56 Å². The van der Waals surface area contributed by atoms with E-state index in [4.69, 9.17) is 9.47 Å². The van der Waals surface area contributed by atoms with Gasteiger partial charge >= 0.3 is 0 Å². The van der Waals surface area contributed by atoms with Gasteiger partial charge in [-0.3, -0.25) is 0 Å². The lowest BCUT2D eigenvalue weighted by atomic mass is 9.89. The van der Waals surface area contributed by atoms with E-state index in [0.717, 1.165) is 31.1 Å². The van der Waals surface area contributed by atoms with Gasteiger partial charge in [-0.05, 0) is 44.5 Å². The smallest absolute Gasteiger partial charge is 0.125 e. The van der Waals surface area contributed by atoms with Gasteiger partial charge in [-0.2, -0.15) is 0 Å². The van der Waals surface area contributed by atoms with Crippen LogP contribution in [0.15, 0.2) is 18.2 Å². The van der Waals surface area contributed by atoms with Crippen LogP contribution in [0.5, 0.6) is 11.5 Å². The molecule has 1 heterocycles. The minimum atomic E-state index is -0.125. The van der Waals surface area contributed by atoms with Crippen LogP contribution in [0.2, 0.25) is 0 Å². The Labute approximate surface area is 122 Å². The fraction of sp³-hybridized carbons (Fsp3) is 0.647. The molecule has 20 heavy (non-hydrogen) atoms. The quantitative estimate of drug-likeness (QED) is 0.884. The SMILES string of the molecule is CCNC1CC(C)(C)Oc2ccc(OCC(C)C)cc21. The average molecular weight is 277 g/mol. The second kappa shape index (κ2) is 6.04. The van der Waals surface area contributed by atoms with E-state index in [1.54, 1.807) is 0 Å². The van der Waals surface area contributed by atoms with Crippen molar-refractivity contribution in [2.75, 3.05) is 13.2 Å². The maximum absolute atomic E-state index is 6.08. The average Bonchev–Trinajstić information content (AvgIpc) is 2.35. The summed E-state index contributed by atoms with van der Waals surface area (Å²) in [6.07, 6.45) is 0.974. The van der Waals surface area contributed by atoms with Crippen LogP contribution in [-0.2, 0) is 0 Å². The lowest BCUT2D eigenvalue weighted by Crippen LogP contribution is -2.39. The van der Waals surface area contributed by atoms with Crippen molar-refractivity contribution in [3.63, 3.8) is 0 Å². The molecule has 0 spiro atoms. The van der Waals surface area contributed by atoms with Crippen molar-refractivity contribution in [2.45, 2.75) is 52.7 Å². The topological polar surface area (TPSA) is 30.5 Å². The molecule has 0 saturated carbocycles. The van der Waals surface area contributed by atoms with E-state index in [0.29, 0.717) is 12.0 Å². The lowest BCUT2D eigenvalue weighted by Gasteiger charge is -2.38. The Morgan fingerprint density at radius 2 is 2.15 bits per heavy atom. The number of hydrogen-bond donors (Lipinski definition) is 1. The molecular formula is C17H27NO2. The Hall–Kier alpha value is -1.22. The lowest BCUT2D eigenvalue weighted by molar-refractivity contribution is 0.0661. The van der Waals surface area contributed by atoms with Gasteiger partial charge in [-0.25, -0.2) is 0 Å². The van der Waals surface area contributed by atoms with Crippen molar-refractivity contribution in [1.29, 1.82) is 0 Å². The summed E-state index contributed by atoms with van der Waals surface area (Å²) in [7, 11) is 0. The molecule has 0 aromatic heterocycles.